The molecule has 1 aliphatic rings. The van der Waals surface area contributed by atoms with E-state index in [-0.39, 0.29) is 17.7 Å². The first kappa shape index (κ1) is 16.5. The van der Waals surface area contributed by atoms with Gasteiger partial charge in [-0.1, -0.05) is 19.1 Å². The number of nitrogens with one attached hydrogen (secondary N) is 1. The molecular weight excluding hydrogens is 304 g/mol. The first-order valence-corrected chi connectivity index (χ1v) is 8.61. The molecule has 6 nitrogen and oxygen atoms in total. The highest BCUT2D eigenvalue weighted by atomic mass is 16.2. The number of benzene rings is 1. The van der Waals surface area contributed by atoms with Gasteiger partial charge in [0.25, 0.3) is 0 Å². The third-order valence-corrected chi connectivity index (χ3v) is 4.65. The van der Waals surface area contributed by atoms with Gasteiger partial charge in [0, 0.05) is 32.5 Å². The first-order valence-electron chi connectivity index (χ1n) is 8.61. The van der Waals surface area contributed by atoms with Gasteiger partial charge >= 0.3 is 0 Å². The van der Waals surface area contributed by atoms with Gasteiger partial charge in [-0.05, 0) is 31.4 Å². The van der Waals surface area contributed by atoms with Gasteiger partial charge in [-0.3, -0.25) is 14.9 Å². The third kappa shape index (κ3) is 3.27. The van der Waals surface area contributed by atoms with Gasteiger partial charge in [0.15, 0.2) is 0 Å². The summed E-state index contributed by atoms with van der Waals surface area (Å²) in [5.74, 6) is 0.650. The van der Waals surface area contributed by atoms with E-state index in [0.717, 1.165) is 24.0 Å². The van der Waals surface area contributed by atoms with Crippen molar-refractivity contribution < 1.29 is 9.59 Å². The van der Waals surface area contributed by atoms with Crippen LogP contribution in [0.4, 0.5) is 5.95 Å². The number of hydrogen-bond donors (Lipinski definition) is 1. The van der Waals surface area contributed by atoms with Crippen molar-refractivity contribution in [3.63, 3.8) is 0 Å². The molecule has 3 rings (SSSR count). The van der Waals surface area contributed by atoms with Gasteiger partial charge in [-0.2, -0.15) is 0 Å². The summed E-state index contributed by atoms with van der Waals surface area (Å²) in [4.78, 5) is 30.4. The van der Waals surface area contributed by atoms with Crippen molar-refractivity contribution in [3.8, 4) is 0 Å². The van der Waals surface area contributed by atoms with E-state index in [1.54, 1.807) is 11.8 Å². The maximum atomic E-state index is 12.6. The second kappa shape index (κ2) is 7.03. The van der Waals surface area contributed by atoms with Crippen LogP contribution in [-0.2, 0) is 16.1 Å². The van der Waals surface area contributed by atoms with Gasteiger partial charge in [-0.25, -0.2) is 4.98 Å². The molecule has 6 heteroatoms. The number of aryl methyl sites for hydroxylation is 1. The Labute approximate surface area is 141 Å². The van der Waals surface area contributed by atoms with Crippen molar-refractivity contribution in [2.24, 2.45) is 5.92 Å². The van der Waals surface area contributed by atoms with Crippen LogP contribution in [0.2, 0.25) is 0 Å². The molecule has 1 aliphatic heterocycles. The van der Waals surface area contributed by atoms with Gasteiger partial charge in [-0.15, -0.1) is 0 Å². The molecule has 1 aromatic carbocycles. The van der Waals surface area contributed by atoms with Crippen molar-refractivity contribution in [3.05, 3.63) is 24.3 Å². The number of amides is 2. The van der Waals surface area contributed by atoms with Crippen LogP contribution >= 0.6 is 0 Å². The fourth-order valence-electron chi connectivity index (χ4n) is 3.29. The summed E-state index contributed by atoms with van der Waals surface area (Å²) in [7, 11) is 0. The minimum Gasteiger partial charge on any atom is -0.343 e. The SMILES string of the molecule is CCCn1c(NC(=O)C2CCN(C(C)=O)CC2)nc2ccccc21. The maximum Gasteiger partial charge on any atom is 0.229 e. The van der Waals surface area contributed by atoms with E-state index >= 15 is 0 Å². The van der Waals surface area contributed by atoms with Gasteiger partial charge < -0.3 is 9.47 Å². The smallest absolute Gasteiger partial charge is 0.229 e. The number of anilines is 1. The van der Waals surface area contributed by atoms with Crippen LogP contribution in [-0.4, -0.2) is 39.4 Å². The van der Waals surface area contributed by atoms with E-state index in [4.69, 9.17) is 0 Å². The molecule has 0 saturated carbocycles. The summed E-state index contributed by atoms with van der Waals surface area (Å²) >= 11 is 0. The number of carbonyl (C=O) groups is 2. The topological polar surface area (TPSA) is 67.2 Å². The van der Waals surface area contributed by atoms with Gasteiger partial charge in [0.2, 0.25) is 17.8 Å². The molecule has 1 fully saturated rings. The fraction of sp³-hybridized carbons (Fsp3) is 0.500. The Hall–Kier alpha value is -2.37. The Kier molecular flexibility index (Phi) is 4.83. The summed E-state index contributed by atoms with van der Waals surface area (Å²) in [5.41, 5.74) is 1.94. The normalized spacial score (nSPS) is 15.7. The lowest BCUT2D eigenvalue weighted by Gasteiger charge is -2.30. The molecule has 0 bridgehead atoms. The molecule has 1 N–H and O–H groups in total. The number of nitrogens with zero attached hydrogens (tertiary/aromatic N) is 3. The average Bonchev–Trinajstić information content (AvgIpc) is 2.93. The van der Waals surface area contributed by atoms with E-state index in [9.17, 15) is 9.59 Å². The monoisotopic (exact) mass is 328 g/mol. The Morgan fingerprint density at radius 3 is 2.62 bits per heavy atom. The van der Waals surface area contributed by atoms with Crippen LogP contribution in [0.15, 0.2) is 24.3 Å². The second-order valence-corrected chi connectivity index (χ2v) is 6.35. The summed E-state index contributed by atoms with van der Waals surface area (Å²) in [6, 6.07) is 7.93. The lowest BCUT2D eigenvalue weighted by atomic mass is 9.96. The second-order valence-electron chi connectivity index (χ2n) is 6.35. The Morgan fingerprint density at radius 2 is 1.96 bits per heavy atom. The first-order chi connectivity index (χ1) is 11.6. The van der Waals surface area contributed by atoms with Gasteiger partial charge in [0.05, 0.1) is 11.0 Å². The number of likely N-dealkylation sites (tertiary alicyclic amines) is 1. The lowest BCUT2D eigenvalue weighted by Crippen LogP contribution is -2.40. The standard InChI is InChI=1S/C18H24N4O2/c1-3-10-22-16-7-5-4-6-15(16)19-18(22)20-17(24)14-8-11-21(12-9-14)13(2)23/h4-7,14H,3,8-12H2,1-2H3,(H,19,20,24). The van der Waals surface area contributed by atoms with Crippen molar-refractivity contribution in [1.82, 2.24) is 14.5 Å². The van der Waals surface area contributed by atoms with Crippen molar-refractivity contribution in [1.29, 1.82) is 0 Å². The van der Waals surface area contributed by atoms with Crippen molar-refractivity contribution >= 4 is 28.8 Å². The van der Waals surface area contributed by atoms with E-state index in [0.29, 0.717) is 31.9 Å². The molecule has 128 valence electrons. The molecule has 2 amide bonds. The number of hydrogen-bond acceptors (Lipinski definition) is 3. The fourth-order valence-corrected chi connectivity index (χ4v) is 3.29. The van der Waals surface area contributed by atoms with Crippen LogP contribution < -0.4 is 5.32 Å². The highest BCUT2D eigenvalue weighted by Gasteiger charge is 2.27. The highest BCUT2D eigenvalue weighted by molar-refractivity contribution is 5.93. The van der Waals surface area contributed by atoms with E-state index in [1.165, 1.54) is 0 Å². The van der Waals surface area contributed by atoms with Crippen molar-refractivity contribution in [2.75, 3.05) is 18.4 Å². The van der Waals surface area contributed by atoms with Crippen molar-refractivity contribution in [2.45, 2.75) is 39.7 Å². The number of piperidine rings is 1. The van der Waals surface area contributed by atoms with E-state index in [2.05, 4.69) is 21.8 Å². The number of aromatic nitrogens is 2. The minimum absolute atomic E-state index is 0.00543. The molecular formula is C18H24N4O2. The molecule has 1 aromatic heterocycles. The van der Waals surface area contributed by atoms with Crippen LogP contribution in [0.5, 0.6) is 0 Å². The number of imidazole rings is 1. The molecule has 0 aliphatic carbocycles. The summed E-state index contributed by atoms with van der Waals surface area (Å²) in [6.07, 6.45) is 2.39. The molecule has 24 heavy (non-hydrogen) atoms. The molecule has 0 radical (unpaired) electrons. The van der Waals surface area contributed by atoms with Crippen LogP contribution in [0.3, 0.4) is 0 Å². The van der Waals surface area contributed by atoms with Crippen LogP contribution in [0, 0.1) is 5.92 Å². The highest BCUT2D eigenvalue weighted by Crippen LogP contribution is 2.23. The largest absolute Gasteiger partial charge is 0.343 e. The number of rotatable bonds is 4. The third-order valence-electron chi connectivity index (χ3n) is 4.65. The minimum atomic E-state index is -0.0597. The zero-order chi connectivity index (χ0) is 17.1. The Bertz CT molecular complexity index is 745. The number of carbonyl (C=O) groups excluding carboxylic acids is 2. The predicted molar refractivity (Wildman–Crippen MR) is 93.6 cm³/mol. The quantitative estimate of drug-likeness (QED) is 0.938. The molecule has 0 atom stereocenters. The summed E-state index contributed by atoms with van der Waals surface area (Å²) < 4.78 is 2.07. The molecule has 1 saturated heterocycles. The average molecular weight is 328 g/mol. The zero-order valence-corrected chi connectivity index (χ0v) is 14.3. The lowest BCUT2D eigenvalue weighted by molar-refractivity contribution is -0.132. The molecule has 0 unspecified atom stereocenters. The molecule has 0 spiro atoms. The Morgan fingerprint density at radius 1 is 1.25 bits per heavy atom. The Balaban J connectivity index is 1.74. The van der Waals surface area contributed by atoms with Crippen LogP contribution in [0.25, 0.3) is 11.0 Å². The number of para-hydroxylation sites is 2. The van der Waals surface area contributed by atoms with Gasteiger partial charge in [0.1, 0.15) is 0 Å². The number of fused-ring (bicyclic) bond motifs is 1. The molecule has 2 heterocycles. The van der Waals surface area contributed by atoms with E-state index < -0.39 is 0 Å². The van der Waals surface area contributed by atoms with Crippen LogP contribution in [0.1, 0.15) is 33.1 Å². The summed E-state index contributed by atoms with van der Waals surface area (Å²) in [6.45, 7) is 5.81. The van der Waals surface area contributed by atoms with E-state index in [1.807, 2.05) is 24.3 Å². The zero-order valence-electron chi connectivity index (χ0n) is 14.3. The molecule has 2 aromatic rings. The maximum absolute atomic E-state index is 12.6. The summed E-state index contributed by atoms with van der Waals surface area (Å²) in [5, 5.41) is 3.01. The predicted octanol–water partition coefficient (Wildman–Crippen LogP) is 2.64.